The summed E-state index contributed by atoms with van der Waals surface area (Å²) >= 11 is 0. The van der Waals surface area contributed by atoms with E-state index < -0.39 is 29.5 Å². The molecule has 1 aromatic heterocycles. The average molecular weight is 494 g/mol. The van der Waals surface area contributed by atoms with Gasteiger partial charge in [0, 0.05) is 17.2 Å². The number of Topliss-reactive ketones (excluding diaryl/α,β-unsaturated/α-hetero) is 1. The molecule has 6 nitrogen and oxygen atoms in total. The number of oxazole rings is 1. The number of nitrogens with one attached hydrogen (secondary N) is 1. The second-order valence-corrected chi connectivity index (χ2v) is 8.83. The second-order valence-electron chi connectivity index (χ2n) is 8.83. The summed E-state index contributed by atoms with van der Waals surface area (Å²) < 4.78 is 44.2. The number of aromatic nitrogens is 1. The zero-order valence-electron chi connectivity index (χ0n) is 18.9. The summed E-state index contributed by atoms with van der Waals surface area (Å²) in [7, 11) is 0. The Bertz CT molecular complexity index is 1430. The number of fused-ring (bicyclic) bond motifs is 1. The molecule has 0 unspecified atom stereocenters. The van der Waals surface area contributed by atoms with Crippen molar-refractivity contribution in [2.75, 3.05) is 5.32 Å². The molecule has 1 aliphatic carbocycles. The number of benzene rings is 3. The topological polar surface area (TPSA) is 92.4 Å². The van der Waals surface area contributed by atoms with Crippen LogP contribution in [0.3, 0.4) is 0 Å². The average Bonchev–Trinajstić information content (AvgIpc) is 3.50. The van der Waals surface area contributed by atoms with Crippen molar-refractivity contribution >= 4 is 34.6 Å². The van der Waals surface area contributed by atoms with E-state index >= 15 is 0 Å². The zero-order valence-corrected chi connectivity index (χ0v) is 18.9. The lowest BCUT2D eigenvalue weighted by atomic mass is 9.88. The number of hydrogen-bond donors (Lipinski definition) is 2. The van der Waals surface area contributed by atoms with Crippen LogP contribution in [0.2, 0.25) is 0 Å². The first kappa shape index (κ1) is 23.6. The molecule has 5 rings (SSSR count). The van der Waals surface area contributed by atoms with E-state index in [4.69, 9.17) is 4.42 Å². The van der Waals surface area contributed by atoms with Gasteiger partial charge in [0.05, 0.1) is 11.5 Å². The summed E-state index contributed by atoms with van der Waals surface area (Å²) in [4.78, 5) is 28.3. The summed E-state index contributed by atoms with van der Waals surface area (Å²) in [6.45, 7) is 0. The van der Waals surface area contributed by atoms with Crippen molar-refractivity contribution in [3.05, 3.63) is 77.9 Å². The lowest BCUT2D eigenvalue weighted by Gasteiger charge is -2.14. The smallest absolute Gasteiger partial charge is 0.416 e. The van der Waals surface area contributed by atoms with Gasteiger partial charge in [-0.1, -0.05) is 42.8 Å². The minimum absolute atomic E-state index is 0.0755. The molecule has 0 radical (unpaired) electrons. The highest BCUT2D eigenvalue weighted by Gasteiger charge is 2.38. The number of carbonyl (C=O) groups is 2. The van der Waals surface area contributed by atoms with Crippen LogP contribution in [-0.2, 0) is 11.0 Å². The van der Waals surface area contributed by atoms with Gasteiger partial charge >= 0.3 is 12.1 Å². The van der Waals surface area contributed by atoms with Crippen molar-refractivity contribution in [3.8, 4) is 11.1 Å². The molecule has 36 heavy (non-hydrogen) atoms. The first-order valence-electron chi connectivity index (χ1n) is 11.4. The summed E-state index contributed by atoms with van der Waals surface area (Å²) in [5.74, 6) is -2.15. The number of nitrogens with zero attached hydrogens (tertiary/aromatic N) is 1. The summed E-state index contributed by atoms with van der Waals surface area (Å²) in [5, 5.41) is 12.3. The first-order valence-corrected chi connectivity index (χ1v) is 11.4. The Kier molecular flexibility index (Phi) is 5.99. The fourth-order valence-corrected chi connectivity index (χ4v) is 4.64. The van der Waals surface area contributed by atoms with Gasteiger partial charge in [-0.05, 0) is 54.3 Å². The van der Waals surface area contributed by atoms with E-state index in [1.807, 2.05) is 24.3 Å². The SMILES string of the molecule is O=C(O)[C@@H]1CCC[C@H]1C(=O)c1ccc(-c2ccc(Nc3nc4cc(C(F)(F)F)ccc4o3)cc2)cc1. The van der Waals surface area contributed by atoms with Crippen molar-refractivity contribution in [2.45, 2.75) is 25.4 Å². The van der Waals surface area contributed by atoms with Crippen molar-refractivity contribution < 1.29 is 32.3 Å². The van der Waals surface area contributed by atoms with Crippen LogP contribution >= 0.6 is 0 Å². The molecule has 1 heterocycles. The van der Waals surface area contributed by atoms with E-state index in [-0.39, 0.29) is 22.9 Å². The maximum absolute atomic E-state index is 12.9. The van der Waals surface area contributed by atoms with Gasteiger partial charge in [-0.2, -0.15) is 18.2 Å². The maximum Gasteiger partial charge on any atom is 0.416 e. The molecule has 0 amide bonds. The van der Waals surface area contributed by atoms with Crippen molar-refractivity contribution in [1.82, 2.24) is 4.98 Å². The molecule has 3 aromatic carbocycles. The fourth-order valence-electron chi connectivity index (χ4n) is 4.64. The molecule has 4 aromatic rings. The third-order valence-electron chi connectivity index (χ3n) is 6.52. The molecule has 0 spiro atoms. The molecule has 2 N–H and O–H groups in total. The Balaban J connectivity index is 1.28. The van der Waals surface area contributed by atoms with Crippen LogP contribution in [0.25, 0.3) is 22.2 Å². The lowest BCUT2D eigenvalue weighted by molar-refractivity contribution is -0.142. The van der Waals surface area contributed by atoms with Crippen LogP contribution in [0.15, 0.2) is 71.1 Å². The second kappa shape index (κ2) is 9.14. The van der Waals surface area contributed by atoms with Gasteiger partial charge in [0.25, 0.3) is 6.01 Å². The van der Waals surface area contributed by atoms with E-state index in [1.165, 1.54) is 6.07 Å². The van der Waals surface area contributed by atoms with E-state index in [1.54, 1.807) is 24.3 Å². The number of rotatable bonds is 6. The Morgan fingerprint density at radius 1 is 0.917 bits per heavy atom. The summed E-state index contributed by atoms with van der Waals surface area (Å²) in [6.07, 6.45) is -2.60. The number of alkyl halides is 3. The van der Waals surface area contributed by atoms with Gasteiger partial charge in [-0.25, -0.2) is 0 Å². The molecule has 9 heteroatoms. The summed E-state index contributed by atoms with van der Waals surface area (Å²) in [6, 6.07) is 17.5. The van der Waals surface area contributed by atoms with Crippen LogP contribution in [0.5, 0.6) is 0 Å². The van der Waals surface area contributed by atoms with Crippen molar-refractivity contribution in [1.29, 1.82) is 0 Å². The molecule has 0 bridgehead atoms. The number of aliphatic carboxylic acids is 1. The van der Waals surface area contributed by atoms with Gasteiger partial charge in [0.2, 0.25) is 0 Å². The highest BCUT2D eigenvalue weighted by Crippen LogP contribution is 2.35. The standard InChI is InChI=1S/C27H21F3N2O4/c28-27(29,30)18-10-13-23-22(14-18)32-26(36-23)31-19-11-8-16(9-12-19)15-4-6-17(7-5-15)24(33)20-2-1-3-21(20)25(34)35/h4-14,20-21H,1-3H2,(H,31,32)(H,34,35)/t20-,21-/m1/s1. The number of carboxylic acids is 1. The highest BCUT2D eigenvalue weighted by atomic mass is 19.4. The quantitative estimate of drug-likeness (QED) is 0.282. The van der Waals surface area contributed by atoms with Gasteiger partial charge in [0.15, 0.2) is 11.4 Å². The van der Waals surface area contributed by atoms with E-state index in [0.717, 1.165) is 29.7 Å². The molecule has 184 valence electrons. The molecule has 0 aliphatic heterocycles. The summed E-state index contributed by atoms with van der Waals surface area (Å²) in [5.41, 5.74) is 2.44. The Hall–Kier alpha value is -4.14. The molecule has 1 aliphatic rings. The number of anilines is 2. The zero-order chi connectivity index (χ0) is 25.4. The Labute approximate surface area is 203 Å². The third kappa shape index (κ3) is 4.68. The normalized spacial score (nSPS) is 17.9. The van der Waals surface area contributed by atoms with Gasteiger partial charge in [-0.15, -0.1) is 0 Å². The van der Waals surface area contributed by atoms with Crippen molar-refractivity contribution in [2.24, 2.45) is 11.8 Å². The monoisotopic (exact) mass is 494 g/mol. The van der Waals surface area contributed by atoms with Crippen LogP contribution < -0.4 is 5.32 Å². The van der Waals surface area contributed by atoms with Gasteiger partial charge in [-0.3, -0.25) is 9.59 Å². The predicted octanol–water partition coefficient (Wildman–Crippen LogP) is 6.94. The molecular formula is C27H21F3N2O4. The number of hydrogen-bond acceptors (Lipinski definition) is 5. The fraction of sp³-hybridized carbons (Fsp3) is 0.222. The lowest BCUT2D eigenvalue weighted by Crippen LogP contribution is -2.25. The first-order chi connectivity index (χ1) is 17.2. The molecule has 1 fully saturated rings. The highest BCUT2D eigenvalue weighted by molar-refractivity contribution is 6.00. The minimum Gasteiger partial charge on any atom is -0.481 e. The van der Waals surface area contributed by atoms with E-state index in [2.05, 4.69) is 10.3 Å². The Morgan fingerprint density at radius 2 is 1.56 bits per heavy atom. The number of carbonyl (C=O) groups excluding carboxylic acids is 1. The third-order valence-corrected chi connectivity index (χ3v) is 6.52. The van der Waals surface area contributed by atoms with E-state index in [0.29, 0.717) is 24.1 Å². The van der Waals surface area contributed by atoms with Crippen LogP contribution in [0.4, 0.5) is 24.9 Å². The predicted molar refractivity (Wildman–Crippen MR) is 127 cm³/mol. The number of carboxylic acid groups (broad SMARTS) is 1. The van der Waals surface area contributed by atoms with Crippen LogP contribution in [0.1, 0.15) is 35.2 Å². The molecule has 1 saturated carbocycles. The van der Waals surface area contributed by atoms with E-state index in [9.17, 15) is 27.9 Å². The van der Waals surface area contributed by atoms with Gasteiger partial charge < -0.3 is 14.8 Å². The van der Waals surface area contributed by atoms with Gasteiger partial charge in [0.1, 0.15) is 5.52 Å². The number of halogens is 3. The largest absolute Gasteiger partial charge is 0.481 e. The maximum atomic E-state index is 12.9. The Morgan fingerprint density at radius 3 is 2.19 bits per heavy atom. The molecular weight excluding hydrogens is 473 g/mol. The van der Waals surface area contributed by atoms with Crippen LogP contribution in [-0.4, -0.2) is 21.8 Å². The minimum atomic E-state index is -4.46. The van der Waals surface area contributed by atoms with Crippen LogP contribution in [0, 0.1) is 11.8 Å². The molecule has 0 saturated heterocycles. The molecule has 2 atom stereocenters. The number of ketones is 1. The van der Waals surface area contributed by atoms with Crippen molar-refractivity contribution in [3.63, 3.8) is 0 Å².